The van der Waals surface area contributed by atoms with Crippen LogP contribution in [0.4, 0.5) is 0 Å². The number of imidazole rings is 1. The largest absolute Gasteiger partial charge is 0.480 e. The monoisotopic (exact) mass is 287 g/mol. The van der Waals surface area contributed by atoms with Crippen LogP contribution in [0.2, 0.25) is 0 Å². The summed E-state index contributed by atoms with van der Waals surface area (Å²) in [6.07, 6.45) is 2.60. The van der Waals surface area contributed by atoms with Crippen molar-refractivity contribution in [2.75, 3.05) is 0 Å². The predicted molar refractivity (Wildman–Crippen MR) is 63.6 cm³/mol. The van der Waals surface area contributed by atoms with Crippen molar-refractivity contribution in [2.45, 2.75) is 31.1 Å². The van der Waals surface area contributed by atoms with Crippen LogP contribution in [-0.2, 0) is 26.0 Å². The quantitative estimate of drug-likeness (QED) is 0.759. The number of rotatable bonds is 4. The van der Waals surface area contributed by atoms with Crippen molar-refractivity contribution < 1.29 is 23.1 Å². The van der Waals surface area contributed by atoms with E-state index in [0.29, 0.717) is 10.00 Å². The molecule has 0 aromatic carbocycles. The number of aromatic amines is 1. The molecule has 2 rings (SSSR count). The molecule has 1 aromatic rings. The van der Waals surface area contributed by atoms with Gasteiger partial charge >= 0.3 is 5.97 Å². The van der Waals surface area contributed by atoms with Crippen molar-refractivity contribution in [3.8, 4) is 0 Å². The summed E-state index contributed by atoms with van der Waals surface area (Å²) in [7, 11) is -3.93. The Hall–Kier alpha value is -1.90. The molecule has 1 aromatic heterocycles. The number of nitrogens with zero attached hydrogens (tertiary/aromatic N) is 2. The van der Waals surface area contributed by atoms with E-state index in [0.717, 1.165) is 0 Å². The number of carbonyl (C=O) groups excluding carboxylic acids is 1. The lowest BCUT2D eigenvalue weighted by atomic mass is 10.1. The van der Waals surface area contributed by atoms with Gasteiger partial charge in [0.05, 0.1) is 6.33 Å². The van der Waals surface area contributed by atoms with E-state index in [1.54, 1.807) is 0 Å². The molecule has 1 aliphatic heterocycles. The average Bonchev–Trinajstić information content (AvgIpc) is 2.80. The van der Waals surface area contributed by atoms with Crippen LogP contribution in [0, 0.1) is 0 Å². The van der Waals surface area contributed by atoms with E-state index in [9.17, 15) is 18.0 Å². The number of H-pyrrole nitrogens is 1. The van der Waals surface area contributed by atoms with Crippen LogP contribution in [0.25, 0.3) is 0 Å². The van der Waals surface area contributed by atoms with Crippen LogP contribution in [-0.4, -0.2) is 50.5 Å². The van der Waals surface area contributed by atoms with E-state index < -0.39 is 32.7 Å². The Kier molecular flexibility index (Phi) is 2.89. The van der Waals surface area contributed by atoms with E-state index in [2.05, 4.69) is 9.97 Å². The summed E-state index contributed by atoms with van der Waals surface area (Å²) in [6.45, 7) is 2.52. The van der Waals surface area contributed by atoms with Crippen molar-refractivity contribution in [3.05, 3.63) is 18.2 Å². The fourth-order valence-electron chi connectivity index (χ4n) is 1.88. The molecule has 1 atom stereocenters. The molecule has 1 unspecified atom stereocenters. The molecular formula is C10H13N3O5S. The maximum Gasteiger partial charge on any atom is 0.328 e. The first-order valence-corrected chi connectivity index (χ1v) is 6.92. The molecule has 1 fully saturated rings. The van der Waals surface area contributed by atoms with E-state index in [4.69, 9.17) is 5.11 Å². The number of carboxylic acid groups (broad SMARTS) is 1. The van der Waals surface area contributed by atoms with Crippen molar-refractivity contribution >= 4 is 21.9 Å². The molecule has 104 valence electrons. The maximum absolute atomic E-state index is 12.0. The second-order valence-electron chi connectivity index (χ2n) is 4.75. The van der Waals surface area contributed by atoms with Crippen molar-refractivity contribution in [1.82, 2.24) is 14.3 Å². The number of hydrogen-bond acceptors (Lipinski definition) is 5. The van der Waals surface area contributed by atoms with Crippen molar-refractivity contribution in [1.29, 1.82) is 0 Å². The normalized spacial score (nSPS) is 21.8. The van der Waals surface area contributed by atoms with Crippen LogP contribution < -0.4 is 0 Å². The molecule has 0 bridgehead atoms. The van der Waals surface area contributed by atoms with Gasteiger partial charge in [-0.05, 0) is 13.8 Å². The standard InChI is InChI=1S/C10H13N3O5S/c1-10(2)9(16)13(19(10,17)18)7(8(14)15)3-6-4-11-5-12-6/h4-5,7H,3H2,1-2H3,(H,11,12)(H,14,15). The first-order valence-electron chi connectivity index (χ1n) is 5.48. The fourth-order valence-corrected chi connectivity index (χ4v) is 3.50. The predicted octanol–water partition coefficient (Wildman–Crippen LogP) is -0.644. The molecule has 2 N–H and O–H groups in total. The van der Waals surface area contributed by atoms with E-state index >= 15 is 0 Å². The summed E-state index contributed by atoms with van der Waals surface area (Å²) >= 11 is 0. The number of aliphatic carboxylic acids is 1. The van der Waals surface area contributed by atoms with Crippen LogP contribution in [0.5, 0.6) is 0 Å². The Balaban J connectivity index is 2.32. The number of sulfonamides is 1. The molecule has 1 aliphatic rings. The van der Waals surface area contributed by atoms with Gasteiger partial charge in [-0.15, -0.1) is 0 Å². The van der Waals surface area contributed by atoms with Crippen LogP contribution in [0.15, 0.2) is 12.5 Å². The fraction of sp³-hybridized carbons (Fsp3) is 0.500. The second-order valence-corrected chi connectivity index (χ2v) is 7.12. The zero-order valence-electron chi connectivity index (χ0n) is 10.3. The van der Waals surface area contributed by atoms with Crippen molar-refractivity contribution in [2.24, 2.45) is 0 Å². The first-order chi connectivity index (χ1) is 8.69. The summed E-state index contributed by atoms with van der Waals surface area (Å²) in [5.41, 5.74) is 0.445. The van der Waals surface area contributed by atoms with Gasteiger partial charge in [0.1, 0.15) is 0 Å². The maximum atomic E-state index is 12.0. The van der Waals surface area contributed by atoms with Gasteiger partial charge in [-0.25, -0.2) is 22.5 Å². The van der Waals surface area contributed by atoms with Gasteiger partial charge in [-0.2, -0.15) is 0 Å². The second kappa shape index (κ2) is 4.05. The lowest BCUT2D eigenvalue weighted by molar-refractivity contribution is -0.148. The number of nitrogens with one attached hydrogen (secondary N) is 1. The molecular weight excluding hydrogens is 274 g/mol. The zero-order valence-corrected chi connectivity index (χ0v) is 11.1. The molecule has 2 heterocycles. The van der Waals surface area contributed by atoms with Crippen molar-refractivity contribution in [3.63, 3.8) is 0 Å². The Labute approximate surface area is 109 Å². The topological polar surface area (TPSA) is 120 Å². The Morgan fingerprint density at radius 1 is 1.58 bits per heavy atom. The highest BCUT2D eigenvalue weighted by atomic mass is 32.2. The lowest BCUT2D eigenvalue weighted by Gasteiger charge is -2.45. The zero-order chi connectivity index (χ0) is 14.4. The third kappa shape index (κ3) is 1.81. The number of hydrogen-bond donors (Lipinski definition) is 2. The first kappa shape index (κ1) is 13.5. The highest BCUT2D eigenvalue weighted by molar-refractivity contribution is 7.94. The molecule has 0 spiro atoms. The molecule has 8 nitrogen and oxygen atoms in total. The highest BCUT2D eigenvalue weighted by Crippen LogP contribution is 2.37. The summed E-state index contributed by atoms with van der Waals surface area (Å²) in [5, 5.41) is 9.14. The van der Waals surface area contributed by atoms with E-state index in [-0.39, 0.29) is 6.42 Å². The van der Waals surface area contributed by atoms with Gasteiger partial charge in [-0.1, -0.05) is 0 Å². The summed E-state index contributed by atoms with van der Waals surface area (Å²) < 4.78 is 22.8. The number of amides is 1. The number of carboxylic acids is 1. The molecule has 9 heteroatoms. The lowest BCUT2D eigenvalue weighted by Crippen LogP contribution is -2.71. The minimum absolute atomic E-state index is 0.142. The molecule has 0 saturated carbocycles. The smallest absolute Gasteiger partial charge is 0.328 e. The van der Waals surface area contributed by atoms with Gasteiger partial charge in [-0.3, -0.25) is 4.79 Å². The van der Waals surface area contributed by atoms with Gasteiger partial charge in [0.25, 0.3) is 15.9 Å². The Morgan fingerprint density at radius 3 is 2.63 bits per heavy atom. The van der Waals surface area contributed by atoms with E-state index in [1.165, 1.54) is 26.4 Å². The minimum atomic E-state index is -3.93. The number of aromatic nitrogens is 2. The SMILES string of the molecule is CC1(C)C(=O)N(C(Cc2cnc[nH]2)C(=O)O)S1(=O)=O. The highest BCUT2D eigenvalue weighted by Gasteiger charge is 2.63. The Morgan fingerprint density at radius 2 is 2.21 bits per heavy atom. The summed E-state index contributed by atoms with van der Waals surface area (Å²) in [6, 6.07) is -1.45. The minimum Gasteiger partial charge on any atom is -0.480 e. The third-order valence-electron chi connectivity index (χ3n) is 3.16. The Bertz CT molecular complexity index is 620. The van der Waals surface area contributed by atoms with Gasteiger partial charge in [0, 0.05) is 18.3 Å². The van der Waals surface area contributed by atoms with Crippen LogP contribution in [0.3, 0.4) is 0 Å². The summed E-state index contributed by atoms with van der Waals surface area (Å²) in [5.74, 6) is -2.08. The number of carbonyl (C=O) groups is 2. The van der Waals surface area contributed by atoms with Crippen LogP contribution in [0.1, 0.15) is 19.5 Å². The van der Waals surface area contributed by atoms with Gasteiger partial charge in [0.15, 0.2) is 10.8 Å². The summed E-state index contributed by atoms with van der Waals surface area (Å²) in [4.78, 5) is 29.4. The third-order valence-corrected chi connectivity index (χ3v) is 5.56. The molecule has 1 saturated heterocycles. The molecule has 0 radical (unpaired) electrons. The van der Waals surface area contributed by atoms with Gasteiger partial charge in [0.2, 0.25) is 0 Å². The van der Waals surface area contributed by atoms with Gasteiger partial charge < -0.3 is 10.1 Å². The van der Waals surface area contributed by atoms with E-state index in [1.807, 2.05) is 0 Å². The average molecular weight is 287 g/mol. The van der Waals surface area contributed by atoms with Crippen LogP contribution >= 0.6 is 0 Å². The molecule has 0 aliphatic carbocycles. The molecule has 1 amide bonds. The molecule has 19 heavy (non-hydrogen) atoms.